The molecule has 0 aliphatic rings. The highest BCUT2D eigenvalue weighted by atomic mass is 32.2. The summed E-state index contributed by atoms with van der Waals surface area (Å²) in [5.41, 5.74) is -0.364. The molecule has 0 aromatic heterocycles. The second-order valence-electron chi connectivity index (χ2n) is 4.31. The van der Waals surface area contributed by atoms with E-state index < -0.39 is 15.9 Å². The van der Waals surface area contributed by atoms with Gasteiger partial charge in [-0.1, -0.05) is 0 Å². The Morgan fingerprint density at radius 2 is 1.93 bits per heavy atom. The van der Waals surface area contributed by atoms with E-state index in [1.807, 2.05) is 13.8 Å². The van der Waals surface area contributed by atoms with Crippen molar-refractivity contribution in [3.05, 3.63) is 0 Å². The van der Waals surface area contributed by atoms with Crippen LogP contribution >= 0.6 is 0 Å². The molecule has 0 rings (SSSR count). The number of rotatable bonds is 6. The molecular weight excluding hydrogens is 202 g/mol. The number of aliphatic hydroxyl groups is 1. The summed E-state index contributed by atoms with van der Waals surface area (Å²) in [6, 6.07) is 0. The van der Waals surface area contributed by atoms with Gasteiger partial charge in [0.25, 0.3) is 0 Å². The molecule has 0 aromatic rings. The van der Waals surface area contributed by atoms with Crippen LogP contribution in [0.15, 0.2) is 0 Å². The van der Waals surface area contributed by atoms with E-state index in [0.29, 0.717) is 13.0 Å². The van der Waals surface area contributed by atoms with E-state index in [0.717, 1.165) is 0 Å². The largest absolute Gasteiger partial charge is 0.392 e. The lowest BCUT2D eigenvalue weighted by Gasteiger charge is -2.29. The number of sulfone groups is 1. The van der Waals surface area contributed by atoms with Crippen molar-refractivity contribution >= 4 is 9.84 Å². The molecule has 4 nitrogen and oxygen atoms in total. The molecule has 0 fully saturated rings. The SMILES string of the molecule is CC(O)C(C)(C)NCCCS(C)(=O)=O. The van der Waals surface area contributed by atoms with Crippen molar-refractivity contribution in [2.75, 3.05) is 18.6 Å². The Morgan fingerprint density at radius 1 is 1.43 bits per heavy atom. The van der Waals surface area contributed by atoms with E-state index >= 15 is 0 Å². The molecule has 0 heterocycles. The number of aliphatic hydroxyl groups excluding tert-OH is 1. The standard InChI is InChI=1S/C9H21NO3S/c1-8(11)9(2,3)10-6-5-7-14(4,12)13/h8,10-11H,5-7H2,1-4H3. The normalized spacial score (nSPS) is 15.5. The van der Waals surface area contributed by atoms with Gasteiger partial charge in [0.05, 0.1) is 11.9 Å². The van der Waals surface area contributed by atoms with Crippen molar-refractivity contribution < 1.29 is 13.5 Å². The van der Waals surface area contributed by atoms with Gasteiger partial charge in [-0.25, -0.2) is 8.42 Å². The summed E-state index contributed by atoms with van der Waals surface area (Å²) in [5, 5.41) is 12.5. The zero-order chi connectivity index (χ0) is 11.4. The first-order chi connectivity index (χ1) is 6.15. The average Bonchev–Trinajstić information content (AvgIpc) is 1.96. The molecule has 0 radical (unpaired) electrons. The van der Waals surface area contributed by atoms with Crippen molar-refractivity contribution in [1.82, 2.24) is 5.32 Å². The Morgan fingerprint density at radius 3 is 2.29 bits per heavy atom. The monoisotopic (exact) mass is 223 g/mol. The van der Waals surface area contributed by atoms with Crippen LogP contribution in [0.2, 0.25) is 0 Å². The van der Waals surface area contributed by atoms with Gasteiger partial charge in [-0.05, 0) is 33.7 Å². The summed E-state index contributed by atoms with van der Waals surface area (Å²) in [4.78, 5) is 0. The predicted octanol–water partition coefficient (Wildman–Crippen LogP) is 0.170. The van der Waals surface area contributed by atoms with Gasteiger partial charge in [0.2, 0.25) is 0 Å². The van der Waals surface area contributed by atoms with Crippen LogP contribution in [0.1, 0.15) is 27.2 Å². The summed E-state index contributed by atoms with van der Waals surface area (Å²) in [6.07, 6.45) is 1.35. The molecule has 1 atom stereocenters. The van der Waals surface area contributed by atoms with E-state index in [9.17, 15) is 13.5 Å². The van der Waals surface area contributed by atoms with Gasteiger partial charge in [-0.15, -0.1) is 0 Å². The summed E-state index contributed by atoms with van der Waals surface area (Å²) in [6.45, 7) is 6.09. The number of hydrogen-bond donors (Lipinski definition) is 2. The quantitative estimate of drug-likeness (QED) is 0.630. The van der Waals surface area contributed by atoms with Crippen LogP contribution in [0, 0.1) is 0 Å². The molecule has 0 aliphatic carbocycles. The van der Waals surface area contributed by atoms with Crippen LogP contribution in [0.4, 0.5) is 0 Å². The summed E-state index contributed by atoms with van der Waals surface area (Å²) in [5.74, 6) is 0.190. The van der Waals surface area contributed by atoms with Gasteiger partial charge in [0.1, 0.15) is 9.84 Å². The fourth-order valence-corrected chi connectivity index (χ4v) is 1.56. The Balaban J connectivity index is 3.76. The van der Waals surface area contributed by atoms with E-state index in [-0.39, 0.29) is 11.3 Å². The molecule has 0 aliphatic heterocycles. The summed E-state index contributed by atoms with van der Waals surface area (Å²) < 4.78 is 21.6. The molecule has 0 bridgehead atoms. The number of hydrogen-bond acceptors (Lipinski definition) is 4. The Hall–Kier alpha value is -0.130. The van der Waals surface area contributed by atoms with Crippen LogP contribution in [0.3, 0.4) is 0 Å². The topological polar surface area (TPSA) is 66.4 Å². The van der Waals surface area contributed by atoms with Crippen molar-refractivity contribution in [2.24, 2.45) is 0 Å². The van der Waals surface area contributed by atoms with Gasteiger partial charge in [0.15, 0.2) is 0 Å². The highest BCUT2D eigenvalue weighted by Crippen LogP contribution is 2.07. The minimum Gasteiger partial charge on any atom is -0.392 e. The third-order valence-electron chi connectivity index (χ3n) is 2.32. The second-order valence-corrected chi connectivity index (χ2v) is 6.57. The van der Waals surface area contributed by atoms with E-state index in [1.54, 1.807) is 6.92 Å². The molecule has 0 amide bonds. The summed E-state index contributed by atoms with van der Waals surface area (Å²) >= 11 is 0. The lowest BCUT2D eigenvalue weighted by Crippen LogP contribution is -2.48. The smallest absolute Gasteiger partial charge is 0.147 e. The first-order valence-electron chi connectivity index (χ1n) is 4.76. The first kappa shape index (κ1) is 13.9. The fraction of sp³-hybridized carbons (Fsp3) is 1.00. The zero-order valence-electron chi connectivity index (χ0n) is 9.37. The van der Waals surface area contributed by atoms with Crippen molar-refractivity contribution in [2.45, 2.75) is 38.8 Å². The van der Waals surface area contributed by atoms with Crippen molar-refractivity contribution in [3.8, 4) is 0 Å². The predicted molar refractivity (Wildman–Crippen MR) is 58.1 cm³/mol. The Labute approximate surface area is 86.6 Å². The first-order valence-corrected chi connectivity index (χ1v) is 6.82. The fourth-order valence-electron chi connectivity index (χ4n) is 0.893. The van der Waals surface area contributed by atoms with Crippen LogP contribution in [-0.4, -0.2) is 43.7 Å². The van der Waals surface area contributed by atoms with Crippen LogP contribution in [-0.2, 0) is 9.84 Å². The van der Waals surface area contributed by atoms with Gasteiger partial charge in [-0.3, -0.25) is 0 Å². The molecule has 0 saturated heterocycles. The average molecular weight is 223 g/mol. The zero-order valence-corrected chi connectivity index (χ0v) is 10.2. The molecule has 2 N–H and O–H groups in total. The van der Waals surface area contributed by atoms with E-state index in [1.165, 1.54) is 6.26 Å². The lowest BCUT2D eigenvalue weighted by molar-refractivity contribution is 0.0971. The van der Waals surface area contributed by atoms with Gasteiger partial charge in [-0.2, -0.15) is 0 Å². The third kappa shape index (κ3) is 6.34. The summed E-state index contributed by atoms with van der Waals surface area (Å²) in [7, 11) is -2.86. The Kier molecular flexibility index (Phi) is 5.05. The molecule has 86 valence electrons. The van der Waals surface area contributed by atoms with Crippen LogP contribution < -0.4 is 5.32 Å². The minimum absolute atomic E-state index is 0.190. The van der Waals surface area contributed by atoms with Gasteiger partial charge in [0, 0.05) is 11.8 Å². The molecular formula is C9H21NO3S. The van der Waals surface area contributed by atoms with Crippen LogP contribution in [0.25, 0.3) is 0 Å². The van der Waals surface area contributed by atoms with Crippen molar-refractivity contribution in [3.63, 3.8) is 0 Å². The maximum Gasteiger partial charge on any atom is 0.147 e. The maximum atomic E-state index is 10.8. The molecule has 5 heteroatoms. The molecule has 1 unspecified atom stereocenters. The molecule has 14 heavy (non-hydrogen) atoms. The van der Waals surface area contributed by atoms with Crippen LogP contribution in [0.5, 0.6) is 0 Å². The highest BCUT2D eigenvalue weighted by molar-refractivity contribution is 7.90. The Bertz CT molecular complexity index is 257. The lowest BCUT2D eigenvalue weighted by atomic mass is 9.99. The van der Waals surface area contributed by atoms with E-state index in [4.69, 9.17) is 0 Å². The van der Waals surface area contributed by atoms with E-state index in [2.05, 4.69) is 5.32 Å². The van der Waals surface area contributed by atoms with Gasteiger partial charge < -0.3 is 10.4 Å². The highest BCUT2D eigenvalue weighted by Gasteiger charge is 2.22. The van der Waals surface area contributed by atoms with Gasteiger partial charge >= 0.3 is 0 Å². The third-order valence-corrected chi connectivity index (χ3v) is 3.35. The molecule has 0 spiro atoms. The van der Waals surface area contributed by atoms with Crippen molar-refractivity contribution in [1.29, 1.82) is 0 Å². The second kappa shape index (κ2) is 5.09. The minimum atomic E-state index is -2.86. The maximum absolute atomic E-state index is 10.8. The molecule has 0 saturated carbocycles. The number of nitrogens with one attached hydrogen (secondary N) is 1. The molecule has 0 aromatic carbocycles.